The van der Waals surface area contributed by atoms with Gasteiger partial charge in [-0.05, 0) is 37.1 Å². The van der Waals surface area contributed by atoms with Crippen molar-refractivity contribution < 1.29 is 0 Å². The van der Waals surface area contributed by atoms with Crippen LogP contribution in [-0.2, 0) is 6.42 Å². The van der Waals surface area contributed by atoms with Crippen LogP contribution in [0.25, 0.3) is 0 Å². The lowest BCUT2D eigenvalue weighted by atomic mass is 10.1. The second-order valence-corrected chi connectivity index (χ2v) is 5.40. The average molecular weight is 336 g/mol. The van der Waals surface area contributed by atoms with Gasteiger partial charge in [-0.2, -0.15) is 0 Å². The van der Waals surface area contributed by atoms with Crippen LogP contribution in [0.15, 0.2) is 28.7 Å². The highest BCUT2D eigenvalue weighted by Gasteiger charge is 2.00. The van der Waals surface area contributed by atoms with E-state index in [1.165, 1.54) is 5.56 Å². The quantitative estimate of drug-likeness (QED) is 0.619. The van der Waals surface area contributed by atoms with Gasteiger partial charge in [0.15, 0.2) is 0 Å². The molecule has 0 aliphatic rings. The second-order valence-electron chi connectivity index (χ2n) is 3.38. The molecule has 1 aromatic carbocycles. The Morgan fingerprint density at radius 2 is 1.93 bits per heavy atom. The van der Waals surface area contributed by atoms with E-state index in [-0.39, 0.29) is 0 Å². The molecule has 0 fully saturated rings. The summed E-state index contributed by atoms with van der Waals surface area (Å²) in [6.45, 7) is 1.68. The fourth-order valence-corrected chi connectivity index (χ4v) is 2.03. The van der Waals surface area contributed by atoms with Gasteiger partial charge in [0.25, 0.3) is 0 Å². The zero-order valence-electron chi connectivity index (χ0n) is 8.55. The molecule has 1 aromatic rings. The molecule has 4 heteroatoms. The highest BCUT2D eigenvalue weighted by atomic mass is 79.9. The largest absolute Gasteiger partial charge is 0.330 e. The van der Waals surface area contributed by atoms with Crippen molar-refractivity contribution in [3.63, 3.8) is 0 Å². The summed E-state index contributed by atoms with van der Waals surface area (Å²) in [6.07, 6.45) is 2.00. The molecule has 0 bridgehead atoms. The van der Waals surface area contributed by atoms with E-state index in [0.717, 1.165) is 23.9 Å². The number of nitrogens with two attached hydrogens (primary N) is 1. The Balaban J connectivity index is 2.22. The molecular formula is C11H16Br2N2. The molecule has 0 aromatic heterocycles. The molecule has 0 amide bonds. The lowest BCUT2D eigenvalue weighted by Gasteiger charge is -2.10. The van der Waals surface area contributed by atoms with Crippen LogP contribution in [-0.4, -0.2) is 18.0 Å². The number of rotatable bonds is 6. The molecule has 15 heavy (non-hydrogen) atoms. The molecule has 3 N–H and O–H groups in total. The Bertz CT molecular complexity index is 274. The highest BCUT2D eigenvalue weighted by molar-refractivity contribution is 9.10. The van der Waals surface area contributed by atoms with E-state index in [1.807, 2.05) is 0 Å². The van der Waals surface area contributed by atoms with Crippen molar-refractivity contribution in [2.75, 3.05) is 13.1 Å². The van der Waals surface area contributed by atoms with Gasteiger partial charge < -0.3 is 11.1 Å². The van der Waals surface area contributed by atoms with Gasteiger partial charge in [0.05, 0.1) is 4.95 Å². The van der Waals surface area contributed by atoms with Crippen LogP contribution in [0.3, 0.4) is 0 Å². The zero-order valence-corrected chi connectivity index (χ0v) is 11.7. The van der Waals surface area contributed by atoms with Crippen molar-refractivity contribution in [3.05, 3.63) is 34.3 Å². The maximum atomic E-state index is 5.45. The molecular weight excluding hydrogens is 320 g/mol. The first kappa shape index (κ1) is 13.2. The van der Waals surface area contributed by atoms with Crippen molar-refractivity contribution in [1.29, 1.82) is 0 Å². The number of halogens is 2. The van der Waals surface area contributed by atoms with Gasteiger partial charge in [-0.25, -0.2) is 0 Å². The molecule has 0 saturated carbocycles. The highest BCUT2D eigenvalue weighted by Crippen LogP contribution is 2.10. The molecule has 0 aliphatic carbocycles. The summed E-state index contributed by atoms with van der Waals surface area (Å²) in [5, 5.41) is 3.37. The summed E-state index contributed by atoms with van der Waals surface area (Å²) in [7, 11) is 0. The number of nitrogens with one attached hydrogen (secondary N) is 1. The molecule has 0 aliphatic heterocycles. The fraction of sp³-hybridized carbons (Fsp3) is 0.455. The SMILES string of the molecule is NCCC(Br)NCCc1ccc(Br)cc1. The van der Waals surface area contributed by atoms with Crippen molar-refractivity contribution in [2.45, 2.75) is 17.8 Å². The van der Waals surface area contributed by atoms with Gasteiger partial charge in [0.1, 0.15) is 0 Å². The van der Waals surface area contributed by atoms with E-state index < -0.39 is 0 Å². The lowest BCUT2D eigenvalue weighted by molar-refractivity contribution is 0.623. The zero-order chi connectivity index (χ0) is 11.1. The van der Waals surface area contributed by atoms with Gasteiger partial charge >= 0.3 is 0 Å². The number of alkyl halides is 1. The van der Waals surface area contributed by atoms with Crippen LogP contribution in [0.1, 0.15) is 12.0 Å². The average Bonchev–Trinajstić information content (AvgIpc) is 2.21. The minimum Gasteiger partial charge on any atom is -0.330 e. The van der Waals surface area contributed by atoms with Gasteiger partial charge in [-0.15, -0.1) is 0 Å². The Morgan fingerprint density at radius 1 is 1.27 bits per heavy atom. The molecule has 0 saturated heterocycles. The summed E-state index contributed by atoms with van der Waals surface area (Å²) >= 11 is 6.94. The van der Waals surface area contributed by atoms with Crippen LogP contribution in [0.5, 0.6) is 0 Å². The third kappa shape index (κ3) is 5.66. The predicted octanol–water partition coefficient (Wildman–Crippen LogP) is 2.65. The molecule has 1 atom stereocenters. The summed E-state index contributed by atoms with van der Waals surface area (Å²) in [6, 6.07) is 8.41. The number of hydrogen-bond donors (Lipinski definition) is 2. The second kappa shape index (κ2) is 7.39. The predicted molar refractivity (Wildman–Crippen MR) is 72.2 cm³/mol. The van der Waals surface area contributed by atoms with Gasteiger partial charge in [-0.1, -0.05) is 44.0 Å². The summed E-state index contributed by atoms with van der Waals surface area (Å²) < 4.78 is 1.13. The van der Waals surface area contributed by atoms with Gasteiger partial charge in [-0.3, -0.25) is 0 Å². The fourth-order valence-electron chi connectivity index (χ4n) is 1.27. The first-order valence-electron chi connectivity index (χ1n) is 5.04. The van der Waals surface area contributed by atoms with E-state index >= 15 is 0 Å². The van der Waals surface area contributed by atoms with Crippen LogP contribution < -0.4 is 11.1 Å². The molecule has 0 heterocycles. The smallest absolute Gasteiger partial charge is 0.0642 e. The topological polar surface area (TPSA) is 38.0 Å². The van der Waals surface area contributed by atoms with E-state index in [0.29, 0.717) is 11.5 Å². The third-order valence-corrected chi connectivity index (χ3v) is 3.42. The van der Waals surface area contributed by atoms with Crippen LogP contribution in [0.4, 0.5) is 0 Å². The summed E-state index contributed by atoms with van der Waals surface area (Å²) in [4.78, 5) is 0.331. The third-order valence-electron chi connectivity index (χ3n) is 2.11. The van der Waals surface area contributed by atoms with E-state index in [2.05, 4.69) is 61.4 Å². The first-order valence-corrected chi connectivity index (χ1v) is 6.75. The maximum Gasteiger partial charge on any atom is 0.0642 e. The van der Waals surface area contributed by atoms with Crippen LogP contribution >= 0.6 is 31.9 Å². The minimum atomic E-state index is 0.331. The maximum absolute atomic E-state index is 5.45. The molecule has 2 nitrogen and oxygen atoms in total. The molecule has 1 rings (SSSR count). The Kier molecular flexibility index (Phi) is 6.48. The molecule has 0 radical (unpaired) electrons. The molecule has 84 valence electrons. The Hall–Kier alpha value is 0.100. The first-order chi connectivity index (χ1) is 7.22. The Morgan fingerprint density at radius 3 is 2.53 bits per heavy atom. The Labute approximate surface area is 108 Å². The van der Waals surface area contributed by atoms with E-state index in [1.54, 1.807) is 0 Å². The normalized spacial score (nSPS) is 12.7. The van der Waals surface area contributed by atoms with Crippen molar-refractivity contribution >= 4 is 31.9 Å². The van der Waals surface area contributed by atoms with Crippen LogP contribution in [0.2, 0.25) is 0 Å². The van der Waals surface area contributed by atoms with Crippen LogP contribution in [0, 0.1) is 0 Å². The monoisotopic (exact) mass is 334 g/mol. The van der Waals surface area contributed by atoms with Crippen molar-refractivity contribution in [2.24, 2.45) is 5.73 Å². The van der Waals surface area contributed by atoms with Crippen molar-refractivity contribution in [3.8, 4) is 0 Å². The molecule has 0 spiro atoms. The lowest BCUT2D eigenvalue weighted by Crippen LogP contribution is -2.27. The van der Waals surface area contributed by atoms with Gasteiger partial charge in [0, 0.05) is 11.0 Å². The van der Waals surface area contributed by atoms with E-state index in [9.17, 15) is 0 Å². The number of hydrogen-bond acceptors (Lipinski definition) is 2. The molecule has 1 unspecified atom stereocenters. The van der Waals surface area contributed by atoms with Crippen molar-refractivity contribution in [1.82, 2.24) is 5.32 Å². The summed E-state index contributed by atoms with van der Waals surface area (Å²) in [5.41, 5.74) is 6.80. The number of benzene rings is 1. The summed E-state index contributed by atoms with van der Waals surface area (Å²) in [5.74, 6) is 0. The minimum absolute atomic E-state index is 0.331. The van der Waals surface area contributed by atoms with E-state index in [4.69, 9.17) is 5.73 Å². The standard InChI is InChI=1S/C11H16Br2N2/c12-10-3-1-9(2-4-10)6-8-15-11(13)5-7-14/h1-4,11,15H,5-8,14H2. The van der Waals surface area contributed by atoms with Gasteiger partial charge in [0.2, 0.25) is 0 Å².